The number of hydrogen-bond acceptors (Lipinski definition) is 4. The summed E-state index contributed by atoms with van der Waals surface area (Å²) < 4.78 is 2.30. The molecule has 0 aliphatic carbocycles. The van der Waals surface area contributed by atoms with E-state index in [2.05, 4.69) is 57.4 Å². The number of aromatic amines is 1. The Morgan fingerprint density at radius 3 is 2.79 bits per heavy atom. The zero-order valence-electron chi connectivity index (χ0n) is 17.6. The van der Waals surface area contributed by atoms with E-state index in [1.807, 2.05) is 12.5 Å². The lowest BCUT2D eigenvalue weighted by Crippen LogP contribution is -2.56. The number of likely N-dealkylation sites (tertiary alicyclic amines) is 1. The minimum atomic E-state index is 0.0782. The second kappa shape index (κ2) is 8.21. The van der Waals surface area contributed by atoms with E-state index in [9.17, 15) is 0 Å². The summed E-state index contributed by atoms with van der Waals surface area (Å²) in [5, 5.41) is 0. The Morgan fingerprint density at radius 2 is 2.04 bits per heavy atom. The van der Waals surface area contributed by atoms with Crippen molar-refractivity contribution in [3.05, 3.63) is 47.6 Å². The van der Waals surface area contributed by atoms with Gasteiger partial charge >= 0.3 is 0 Å². The van der Waals surface area contributed by atoms with Gasteiger partial charge in [0.15, 0.2) is 0 Å². The smallest absolute Gasteiger partial charge is 0.122 e. The molecule has 0 unspecified atom stereocenters. The maximum atomic E-state index is 4.80. The highest BCUT2D eigenvalue weighted by atomic mass is 15.3. The molecule has 0 bridgehead atoms. The summed E-state index contributed by atoms with van der Waals surface area (Å²) in [6.07, 6.45) is 12.8. The van der Waals surface area contributed by atoms with Crippen LogP contribution < -0.4 is 0 Å². The first kappa shape index (κ1) is 19.4. The molecule has 2 aromatic rings. The van der Waals surface area contributed by atoms with Gasteiger partial charge in [-0.3, -0.25) is 9.80 Å². The lowest BCUT2D eigenvalue weighted by molar-refractivity contribution is 0.0105. The van der Waals surface area contributed by atoms with E-state index in [1.165, 1.54) is 22.8 Å². The van der Waals surface area contributed by atoms with Crippen molar-refractivity contribution in [2.24, 2.45) is 0 Å². The molecule has 6 nitrogen and oxygen atoms in total. The summed E-state index contributed by atoms with van der Waals surface area (Å²) in [6.45, 7) is 12.9. The number of allylic oxidation sites excluding steroid dienone is 1. The predicted molar refractivity (Wildman–Crippen MR) is 112 cm³/mol. The van der Waals surface area contributed by atoms with Gasteiger partial charge in [0.1, 0.15) is 5.82 Å². The van der Waals surface area contributed by atoms with Crippen molar-refractivity contribution >= 4 is 0 Å². The van der Waals surface area contributed by atoms with Gasteiger partial charge in [0.25, 0.3) is 0 Å². The Morgan fingerprint density at radius 1 is 1.21 bits per heavy atom. The van der Waals surface area contributed by atoms with E-state index < -0.39 is 0 Å². The summed E-state index contributed by atoms with van der Waals surface area (Å²) >= 11 is 0. The Bertz CT molecular complexity index is 805. The van der Waals surface area contributed by atoms with Gasteiger partial charge in [0, 0.05) is 57.2 Å². The van der Waals surface area contributed by atoms with Crippen LogP contribution in [-0.4, -0.2) is 55.5 Å². The standard InChI is InChI=1S/C22H34N6/c1-4-10-27-15-9-23-20(27)16-26-13-7-22(8-14-26)21-19(24-17-25-21)6-12-28(22)11-5-18(2)3/h5,9,15,17H,4,6-8,10-14,16H2,1-3H3,(H,24,25). The molecule has 28 heavy (non-hydrogen) atoms. The van der Waals surface area contributed by atoms with Crippen LogP contribution in [0.25, 0.3) is 0 Å². The van der Waals surface area contributed by atoms with Crippen molar-refractivity contribution < 1.29 is 0 Å². The van der Waals surface area contributed by atoms with Gasteiger partial charge in [0.2, 0.25) is 0 Å². The van der Waals surface area contributed by atoms with Crippen LogP contribution >= 0.6 is 0 Å². The molecular formula is C22H34N6. The van der Waals surface area contributed by atoms with E-state index in [0.717, 1.165) is 65.0 Å². The fraction of sp³-hybridized carbons (Fsp3) is 0.636. The number of piperidine rings is 1. The molecule has 0 atom stereocenters. The highest BCUT2D eigenvalue weighted by Crippen LogP contribution is 2.42. The maximum absolute atomic E-state index is 4.80. The molecule has 4 rings (SSSR count). The molecule has 2 aromatic heterocycles. The van der Waals surface area contributed by atoms with Gasteiger partial charge < -0.3 is 9.55 Å². The molecule has 4 heterocycles. The highest BCUT2D eigenvalue weighted by Gasteiger charge is 2.46. The summed E-state index contributed by atoms with van der Waals surface area (Å²) in [6, 6.07) is 0. The fourth-order valence-electron chi connectivity index (χ4n) is 4.85. The minimum Gasteiger partial charge on any atom is -0.348 e. The summed E-state index contributed by atoms with van der Waals surface area (Å²) in [5.74, 6) is 1.20. The monoisotopic (exact) mass is 382 g/mol. The van der Waals surface area contributed by atoms with Crippen LogP contribution in [-0.2, 0) is 25.0 Å². The molecule has 0 saturated carbocycles. The molecular weight excluding hydrogens is 348 g/mol. The number of H-pyrrole nitrogens is 1. The molecule has 0 aromatic carbocycles. The van der Waals surface area contributed by atoms with E-state index >= 15 is 0 Å². The Balaban J connectivity index is 1.50. The molecule has 1 spiro atoms. The van der Waals surface area contributed by atoms with Gasteiger partial charge in [-0.05, 0) is 33.1 Å². The van der Waals surface area contributed by atoms with Crippen molar-refractivity contribution in [2.75, 3.05) is 26.2 Å². The van der Waals surface area contributed by atoms with Crippen LogP contribution in [0.2, 0.25) is 0 Å². The zero-order valence-corrected chi connectivity index (χ0v) is 17.6. The van der Waals surface area contributed by atoms with Crippen molar-refractivity contribution in [1.82, 2.24) is 29.3 Å². The first-order valence-electron chi connectivity index (χ1n) is 10.8. The SMILES string of the molecule is CCCn1ccnc1CN1CCC2(CC1)c1nc[nH]c1CCN2CC=C(C)C. The normalized spacial score (nSPS) is 19.7. The van der Waals surface area contributed by atoms with Crippen LogP contribution in [0.15, 0.2) is 30.4 Å². The van der Waals surface area contributed by atoms with Gasteiger partial charge in [-0.25, -0.2) is 9.97 Å². The highest BCUT2D eigenvalue weighted by molar-refractivity contribution is 5.27. The Kier molecular flexibility index (Phi) is 5.69. The number of imidazole rings is 2. The summed E-state index contributed by atoms with van der Waals surface area (Å²) in [5.41, 5.74) is 4.12. The number of rotatable bonds is 6. The number of nitrogens with zero attached hydrogens (tertiary/aromatic N) is 5. The van der Waals surface area contributed by atoms with Crippen LogP contribution in [0, 0.1) is 0 Å². The number of fused-ring (bicyclic) bond motifs is 2. The number of hydrogen-bond donors (Lipinski definition) is 1. The second-order valence-corrected chi connectivity index (χ2v) is 8.55. The van der Waals surface area contributed by atoms with Crippen LogP contribution in [0.5, 0.6) is 0 Å². The van der Waals surface area contributed by atoms with Crippen molar-refractivity contribution in [1.29, 1.82) is 0 Å². The maximum Gasteiger partial charge on any atom is 0.122 e. The first-order valence-corrected chi connectivity index (χ1v) is 10.8. The van der Waals surface area contributed by atoms with Gasteiger partial charge in [-0.1, -0.05) is 18.6 Å². The van der Waals surface area contributed by atoms with Crippen molar-refractivity contribution in [3.8, 4) is 0 Å². The molecule has 1 fully saturated rings. The van der Waals surface area contributed by atoms with Crippen molar-refractivity contribution in [2.45, 2.75) is 65.1 Å². The van der Waals surface area contributed by atoms with E-state index in [0.29, 0.717) is 0 Å². The molecule has 2 aliphatic heterocycles. The van der Waals surface area contributed by atoms with E-state index in [4.69, 9.17) is 4.98 Å². The minimum absolute atomic E-state index is 0.0782. The Hall–Kier alpha value is -1.92. The average Bonchev–Trinajstić information content (AvgIpc) is 3.33. The molecule has 6 heteroatoms. The van der Waals surface area contributed by atoms with Gasteiger partial charge in [0.05, 0.1) is 24.1 Å². The largest absolute Gasteiger partial charge is 0.348 e. The Labute approximate surface area is 168 Å². The second-order valence-electron chi connectivity index (χ2n) is 8.55. The lowest BCUT2D eigenvalue weighted by Gasteiger charge is -2.50. The van der Waals surface area contributed by atoms with Gasteiger partial charge in [-0.15, -0.1) is 0 Å². The molecule has 0 amide bonds. The molecule has 0 radical (unpaired) electrons. The third-order valence-electron chi connectivity index (χ3n) is 6.43. The van der Waals surface area contributed by atoms with E-state index in [-0.39, 0.29) is 5.54 Å². The quantitative estimate of drug-likeness (QED) is 0.779. The van der Waals surface area contributed by atoms with Crippen LogP contribution in [0.4, 0.5) is 0 Å². The average molecular weight is 383 g/mol. The lowest BCUT2D eigenvalue weighted by atomic mass is 9.78. The molecule has 1 saturated heterocycles. The third kappa shape index (κ3) is 3.67. The molecule has 2 aliphatic rings. The third-order valence-corrected chi connectivity index (χ3v) is 6.43. The first-order chi connectivity index (χ1) is 13.6. The van der Waals surface area contributed by atoms with Crippen LogP contribution in [0.3, 0.4) is 0 Å². The van der Waals surface area contributed by atoms with Gasteiger partial charge in [-0.2, -0.15) is 0 Å². The molecule has 152 valence electrons. The van der Waals surface area contributed by atoms with Crippen molar-refractivity contribution in [3.63, 3.8) is 0 Å². The fourth-order valence-corrected chi connectivity index (χ4v) is 4.85. The summed E-state index contributed by atoms with van der Waals surface area (Å²) in [7, 11) is 0. The van der Waals surface area contributed by atoms with Crippen LogP contribution in [0.1, 0.15) is 57.2 Å². The van der Waals surface area contributed by atoms with E-state index in [1.54, 1.807) is 0 Å². The number of aryl methyl sites for hydroxylation is 1. The predicted octanol–water partition coefficient (Wildman–Crippen LogP) is 3.33. The zero-order chi connectivity index (χ0) is 19.6. The molecule has 1 N–H and O–H groups in total. The summed E-state index contributed by atoms with van der Waals surface area (Å²) in [4.78, 5) is 18.1. The number of nitrogens with one attached hydrogen (secondary N) is 1. The number of aromatic nitrogens is 4. The topological polar surface area (TPSA) is 53.0 Å².